The first-order valence-electron chi connectivity index (χ1n) is 15.0. The summed E-state index contributed by atoms with van der Waals surface area (Å²) in [5.41, 5.74) is -0.968. The van der Waals surface area contributed by atoms with E-state index in [2.05, 4.69) is 20.1 Å². The fraction of sp³-hybridized carbons (Fsp3) is 0.606. The molecule has 1 aromatic rings. The van der Waals surface area contributed by atoms with Crippen LogP contribution in [-0.2, 0) is 25.7 Å². The molecule has 224 valence electrons. The molecular weight excluding hydrogens is 518 g/mol. The van der Waals surface area contributed by atoms with Crippen molar-refractivity contribution in [2.24, 2.45) is 17.8 Å². The fourth-order valence-electron chi connectivity index (χ4n) is 7.45. The molecule has 3 saturated heterocycles. The average Bonchev–Trinajstić information content (AvgIpc) is 3.45. The number of likely N-dealkylation sites (tertiary alicyclic amines) is 1. The molecule has 2 bridgehead atoms. The van der Waals surface area contributed by atoms with Crippen molar-refractivity contribution in [2.45, 2.75) is 83.2 Å². The van der Waals surface area contributed by atoms with Crippen LogP contribution in [0.15, 0.2) is 55.6 Å². The Kier molecular flexibility index (Phi) is 9.44. The van der Waals surface area contributed by atoms with E-state index in [9.17, 15) is 19.5 Å². The van der Waals surface area contributed by atoms with Gasteiger partial charge < -0.3 is 24.5 Å². The van der Waals surface area contributed by atoms with Crippen molar-refractivity contribution in [3.05, 3.63) is 61.2 Å². The SMILES string of the molecule is C=CCN(Cc1ccccc1)C(=O)[C@H]1[C@H]2C(=O)N(CCCCCO)C(C(=O)N(CC=C)C(C)C)C23CC(C)[C@]1(C)O3. The lowest BCUT2D eigenvalue weighted by Crippen LogP contribution is -2.58. The topological polar surface area (TPSA) is 90.4 Å². The van der Waals surface area contributed by atoms with Crippen LogP contribution in [0.5, 0.6) is 0 Å². The number of nitrogens with zero attached hydrogens (tertiary/aromatic N) is 3. The number of aliphatic hydroxyl groups excluding tert-OH is 1. The largest absolute Gasteiger partial charge is 0.396 e. The number of rotatable bonds is 14. The van der Waals surface area contributed by atoms with Crippen molar-refractivity contribution in [2.75, 3.05) is 26.2 Å². The van der Waals surface area contributed by atoms with E-state index in [1.165, 1.54) is 0 Å². The van der Waals surface area contributed by atoms with Crippen molar-refractivity contribution >= 4 is 17.7 Å². The molecule has 0 aromatic heterocycles. The Morgan fingerprint density at radius 3 is 2.41 bits per heavy atom. The molecular formula is C33H47N3O5. The van der Waals surface area contributed by atoms with Crippen LogP contribution in [0.3, 0.4) is 0 Å². The summed E-state index contributed by atoms with van der Waals surface area (Å²) >= 11 is 0. The van der Waals surface area contributed by atoms with Crippen LogP contribution < -0.4 is 0 Å². The standard InChI is InChI=1S/C33H47N3O5/c1-7-17-34(22-25-15-11-9-12-16-25)29(38)26-27-30(39)36(19-13-10-14-20-37)28(31(40)35(18-8-2)23(3)4)33(27)21-24(5)32(26,6)41-33/h7-9,11-12,15-16,23-24,26-28,37H,1-2,10,13-14,17-22H2,3-6H3/t24?,26-,27+,28?,32+,33?/m1/s1. The fourth-order valence-corrected chi connectivity index (χ4v) is 7.45. The van der Waals surface area contributed by atoms with Crippen LogP contribution in [0.1, 0.15) is 58.9 Å². The summed E-state index contributed by atoms with van der Waals surface area (Å²) in [6.07, 6.45) is 5.97. The van der Waals surface area contributed by atoms with Gasteiger partial charge in [-0.1, -0.05) is 49.4 Å². The summed E-state index contributed by atoms with van der Waals surface area (Å²) in [7, 11) is 0. The van der Waals surface area contributed by atoms with Crippen molar-refractivity contribution in [3.8, 4) is 0 Å². The number of aliphatic hydroxyl groups is 1. The van der Waals surface area contributed by atoms with Gasteiger partial charge in [-0.25, -0.2) is 0 Å². The highest BCUT2D eigenvalue weighted by Crippen LogP contribution is 2.65. The Morgan fingerprint density at radius 2 is 1.80 bits per heavy atom. The zero-order valence-electron chi connectivity index (χ0n) is 25.1. The van der Waals surface area contributed by atoms with Crippen molar-refractivity contribution in [1.82, 2.24) is 14.7 Å². The molecule has 1 aromatic carbocycles. The summed E-state index contributed by atoms with van der Waals surface area (Å²) in [5.74, 6) is -1.96. The lowest BCUT2D eigenvalue weighted by Gasteiger charge is -2.39. The van der Waals surface area contributed by atoms with Crippen LogP contribution in [0.4, 0.5) is 0 Å². The zero-order chi connectivity index (χ0) is 29.9. The highest BCUT2D eigenvalue weighted by atomic mass is 16.5. The number of carbonyl (C=O) groups excluding carboxylic acids is 3. The van der Waals surface area contributed by atoms with E-state index < -0.39 is 29.1 Å². The average molecular weight is 566 g/mol. The van der Waals surface area contributed by atoms with E-state index in [-0.39, 0.29) is 36.3 Å². The van der Waals surface area contributed by atoms with Crippen molar-refractivity contribution < 1.29 is 24.2 Å². The monoisotopic (exact) mass is 565 g/mol. The summed E-state index contributed by atoms with van der Waals surface area (Å²) in [6, 6.07) is 8.88. The van der Waals surface area contributed by atoms with Crippen LogP contribution in [0.25, 0.3) is 0 Å². The summed E-state index contributed by atoms with van der Waals surface area (Å²) < 4.78 is 6.92. The van der Waals surface area contributed by atoms with Gasteiger partial charge in [-0.05, 0) is 57.9 Å². The van der Waals surface area contributed by atoms with Gasteiger partial charge in [0.2, 0.25) is 17.7 Å². The minimum Gasteiger partial charge on any atom is -0.396 e. The van der Waals surface area contributed by atoms with Crippen LogP contribution in [0.2, 0.25) is 0 Å². The smallest absolute Gasteiger partial charge is 0.248 e. The number of ether oxygens (including phenoxy) is 1. The van der Waals surface area contributed by atoms with Gasteiger partial charge in [-0.15, -0.1) is 13.2 Å². The minimum absolute atomic E-state index is 0.0284. The molecule has 3 aliphatic rings. The Labute approximate surface area is 245 Å². The second kappa shape index (κ2) is 12.5. The first kappa shape index (κ1) is 31.0. The van der Waals surface area contributed by atoms with E-state index >= 15 is 0 Å². The summed E-state index contributed by atoms with van der Waals surface area (Å²) in [6.45, 7) is 17.2. The first-order chi connectivity index (χ1) is 19.6. The molecule has 0 aliphatic carbocycles. The molecule has 8 nitrogen and oxygen atoms in total. The predicted molar refractivity (Wildman–Crippen MR) is 159 cm³/mol. The molecule has 3 unspecified atom stereocenters. The maximum Gasteiger partial charge on any atom is 0.248 e. The second-order valence-electron chi connectivity index (χ2n) is 12.4. The lowest BCUT2D eigenvalue weighted by atomic mass is 9.62. The summed E-state index contributed by atoms with van der Waals surface area (Å²) in [5, 5.41) is 9.29. The maximum absolute atomic E-state index is 14.5. The predicted octanol–water partition coefficient (Wildman–Crippen LogP) is 3.80. The van der Waals surface area contributed by atoms with Gasteiger partial charge in [-0.2, -0.15) is 0 Å². The van der Waals surface area contributed by atoms with E-state index in [0.717, 1.165) is 12.0 Å². The third-order valence-electron chi connectivity index (χ3n) is 9.48. The lowest BCUT2D eigenvalue weighted by molar-refractivity contribution is -0.155. The van der Waals surface area contributed by atoms with Gasteiger partial charge in [0.25, 0.3) is 0 Å². The van der Waals surface area contributed by atoms with Gasteiger partial charge in [-0.3, -0.25) is 14.4 Å². The van der Waals surface area contributed by atoms with E-state index in [4.69, 9.17) is 4.74 Å². The van der Waals surface area contributed by atoms with E-state index in [1.54, 1.807) is 26.9 Å². The normalized spacial score (nSPS) is 30.0. The van der Waals surface area contributed by atoms with Crippen molar-refractivity contribution in [3.63, 3.8) is 0 Å². The summed E-state index contributed by atoms with van der Waals surface area (Å²) in [4.78, 5) is 48.5. The zero-order valence-corrected chi connectivity index (χ0v) is 25.1. The molecule has 1 N–H and O–H groups in total. The first-order valence-corrected chi connectivity index (χ1v) is 15.0. The Bertz CT molecular complexity index is 1140. The van der Waals surface area contributed by atoms with Gasteiger partial charge in [0.05, 0.1) is 17.4 Å². The third-order valence-corrected chi connectivity index (χ3v) is 9.48. The molecule has 0 saturated carbocycles. The van der Waals surface area contributed by atoms with Crippen LogP contribution in [-0.4, -0.2) is 87.1 Å². The second-order valence-corrected chi connectivity index (χ2v) is 12.4. The van der Waals surface area contributed by atoms with Crippen LogP contribution >= 0.6 is 0 Å². The molecule has 0 radical (unpaired) electrons. The Hall–Kier alpha value is -2.97. The number of hydrogen-bond acceptors (Lipinski definition) is 5. The number of unbranched alkanes of at least 4 members (excludes halogenated alkanes) is 2. The molecule has 3 fully saturated rings. The van der Waals surface area contributed by atoms with Gasteiger partial charge in [0.1, 0.15) is 11.6 Å². The molecule has 3 aliphatic heterocycles. The maximum atomic E-state index is 14.5. The molecule has 3 heterocycles. The quantitative estimate of drug-likeness (QED) is 0.274. The van der Waals surface area contributed by atoms with Crippen molar-refractivity contribution in [1.29, 1.82) is 0 Å². The minimum atomic E-state index is -1.08. The Balaban J connectivity index is 1.76. The van der Waals surface area contributed by atoms with Crippen LogP contribution in [0, 0.1) is 17.8 Å². The molecule has 3 amide bonds. The molecule has 8 heteroatoms. The third kappa shape index (κ3) is 5.37. The van der Waals surface area contributed by atoms with Gasteiger partial charge in [0.15, 0.2) is 0 Å². The molecule has 1 spiro atoms. The van der Waals surface area contributed by atoms with Gasteiger partial charge >= 0.3 is 0 Å². The number of fused-ring (bicyclic) bond motifs is 1. The Morgan fingerprint density at radius 1 is 1.12 bits per heavy atom. The van der Waals surface area contributed by atoms with Gasteiger partial charge in [0, 0.05) is 38.8 Å². The number of hydrogen-bond donors (Lipinski definition) is 1. The number of carbonyl (C=O) groups is 3. The highest BCUT2D eigenvalue weighted by molar-refractivity contribution is 5.99. The number of amides is 3. The van der Waals surface area contributed by atoms with E-state index in [0.29, 0.717) is 45.4 Å². The number of benzene rings is 1. The molecule has 6 atom stereocenters. The molecule has 4 rings (SSSR count). The highest BCUT2D eigenvalue weighted by Gasteiger charge is 2.80. The van der Waals surface area contributed by atoms with E-state index in [1.807, 2.05) is 51.1 Å². The molecule has 41 heavy (non-hydrogen) atoms.